The molecule has 4 heterocycles. The Labute approximate surface area is 191 Å². The van der Waals surface area contributed by atoms with E-state index in [1.165, 1.54) is 0 Å². The number of ether oxygens (including phenoxy) is 2. The zero-order valence-corrected chi connectivity index (χ0v) is 18.9. The first-order valence-electron chi connectivity index (χ1n) is 11.4. The molecule has 0 radical (unpaired) electrons. The summed E-state index contributed by atoms with van der Waals surface area (Å²) in [7, 11) is 0. The molecule has 0 atom stereocenters. The van der Waals surface area contributed by atoms with E-state index in [2.05, 4.69) is 18.8 Å². The van der Waals surface area contributed by atoms with E-state index >= 15 is 0 Å². The summed E-state index contributed by atoms with van der Waals surface area (Å²) in [5, 5.41) is 0.914. The zero-order chi connectivity index (χ0) is 22.9. The molecule has 0 bridgehead atoms. The molecule has 0 fully saturated rings. The number of aryl methyl sites for hydroxylation is 1. The Hall–Kier alpha value is -3.61. The Bertz CT molecular complexity index is 1450. The number of benzene rings is 1. The van der Waals surface area contributed by atoms with Crippen molar-refractivity contribution in [3.05, 3.63) is 75.1 Å². The Morgan fingerprint density at radius 2 is 1.55 bits per heavy atom. The Kier molecular flexibility index (Phi) is 5.62. The lowest BCUT2D eigenvalue weighted by Crippen LogP contribution is -2.23. The molecule has 0 unspecified atom stereocenters. The molecule has 0 spiro atoms. The van der Waals surface area contributed by atoms with Crippen LogP contribution >= 0.6 is 0 Å². The second-order valence-electron chi connectivity index (χ2n) is 8.93. The van der Waals surface area contributed by atoms with Crippen LogP contribution in [-0.2, 0) is 13.1 Å². The number of pyridine rings is 3. The topological polar surface area (TPSA) is 75.3 Å². The number of aromatic nitrogens is 3. The van der Waals surface area contributed by atoms with Crippen molar-refractivity contribution in [2.24, 2.45) is 5.92 Å². The highest BCUT2D eigenvalue weighted by Gasteiger charge is 2.13. The fourth-order valence-corrected chi connectivity index (χ4v) is 4.11. The summed E-state index contributed by atoms with van der Waals surface area (Å²) in [6.45, 7) is 6.54. The number of fused-ring (bicyclic) bond motifs is 3. The molecule has 1 aliphatic heterocycles. The van der Waals surface area contributed by atoms with Gasteiger partial charge in [-0.05, 0) is 48.2 Å². The van der Waals surface area contributed by atoms with Crippen molar-refractivity contribution in [3.63, 3.8) is 0 Å². The first-order valence-corrected chi connectivity index (χ1v) is 11.4. The molecule has 0 saturated carbocycles. The molecule has 1 aliphatic rings. The largest absolute Gasteiger partial charge is 0.490 e. The highest BCUT2D eigenvalue weighted by atomic mass is 16.5. The van der Waals surface area contributed by atoms with E-state index in [4.69, 9.17) is 9.47 Å². The van der Waals surface area contributed by atoms with Gasteiger partial charge in [-0.2, -0.15) is 0 Å². The van der Waals surface area contributed by atoms with Crippen molar-refractivity contribution in [1.82, 2.24) is 14.1 Å². The van der Waals surface area contributed by atoms with Crippen LogP contribution < -0.4 is 20.6 Å². The minimum absolute atomic E-state index is 0.111. The Morgan fingerprint density at radius 3 is 2.27 bits per heavy atom. The normalized spacial score (nSPS) is 13.5. The van der Waals surface area contributed by atoms with Gasteiger partial charge < -0.3 is 18.6 Å². The van der Waals surface area contributed by atoms with Crippen LogP contribution in [0.4, 0.5) is 0 Å². The minimum atomic E-state index is -0.175. The molecule has 0 saturated heterocycles. The van der Waals surface area contributed by atoms with Gasteiger partial charge in [-0.25, -0.2) is 4.98 Å². The SMILES string of the molecule is CC(C)CCn1ccc2nc3ccn(Cc4ccc5c(c4)OCCCO5)c(=O)c3cc2c1=O. The van der Waals surface area contributed by atoms with E-state index in [0.29, 0.717) is 59.8 Å². The van der Waals surface area contributed by atoms with Gasteiger partial charge in [0.15, 0.2) is 11.5 Å². The van der Waals surface area contributed by atoms with E-state index in [9.17, 15) is 9.59 Å². The predicted molar refractivity (Wildman–Crippen MR) is 128 cm³/mol. The van der Waals surface area contributed by atoms with Gasteiger partial charge in [-0.1, -0.05) is 19.9 Å². The van der Waals surface area contributed by atoms with Crippen molar-refractivity contribution in [1.29, 1.82) is 0 Å². The summed E-state index contributed by atoms with van der Waals surface area (Å²) < 4.78 is 14.8. The number of hydrogen-bond donors (Lipinski definition) is 0. The molecular formula is C26H27N3O4. The lowest BCUT2D eigenvalue weighted by atomic mass is 10.1. The third kappa shape index (κ3) is 4.23. The monoisotopic (exact) mass is 445 g/mol. The van der Waals surface area contributed by atoms with Crippen molar-refractivity contribution in [3.8, 4) is 11.5 Å². The molecule has 5 rings (SSSR count). The van der Waals surface area contributed by atoms with E-state index in [0.717, 1.165) is 24.2 Å². The average molecular weight is 446 g/mol. The second-order valence-corrected chi connectivity index (χ2v) is 8.93. The van der Waals surface area contributed by atoms with Gasteiger partial charge in [-0.3, -0.25) is 9.59 Å². The lowest BCUT2D eigenvalue weighted by Gasteiger charge is -2.12. The fourth-order valence-electron chi connectivity index (χ4n) is 4.11. The van der Waals surface area contributed by atoms with Crippen molar-refractivity contribution in [2.75, 3.05) is 13.2 Å². The van der Waals surface area contributed by atoms with Crippen LogP contribution in [-0.4, -0.2) is 27.3 Å². The van der Waals surface area contributed by atoms with Crippen LogP contribution in [0.3, 0.4) is 0 Å². The summed E-state index contributed by atoms with van der Waals surface area (Å²) in [4.78, 5) is 30.9. The van der Waals surface area contributed by atoms with Gasteiger partial charge in [0.2, 0.25) is 0 Å². The summed E-state index contributed by atoms with van der Waals surface area (Å²) in [5.74, 6) is 1.93. The van der Waals surface area contributed by atoms with E-state index in [1.54, 1.807) is 27.6 Å². The van der Waals surface area contributed by atoms with Crippen LogP contribution in [0.25, 0.3) is 21.8 Å². The highest BCUT2D eigenvalue weighted by Crippen LogP contribution is 2.30. The molecule has 33 heavy (non-hydrogen) atoms. The number of nitrogens with zero attached hydrogens (tertiary/aromatic N) is 3. The summed E-state index contributed by atoms with van der Waals surface area (Å²) in [6, 6.07) is 11.1. The molecule has 170 valence electrons. The van der Waals surface area contributed by atoms with Gasteiger partial charge >= 0.3 is 0 Å². The van der Waals surface area contributed by atoms with Crippen LogP contribution in [0.2, 0.25) is 0 Å². The highest BCUT2D eigenvalue weighted by molar-refractivity contribution is 5.91. The number of hydrogen-bond acceptors (Lipinski definition) is 5. The van der Waals surface area contributed by atoms with Gasteiger partial charge in [0, 0.05) is 25.4 Å². The fraction of sp³-hybridized carbons (Fsp3) is 0.346. The zero-order valence-electron chi connectivity index (χ0n) is 18.9. The summed E-state index contributed by atoms with van der Waals surface area (Å²) >= 11 is 0. The van der Waals surface area contributed by atoms with E-state index in [-0.39, 0.29) is 11.1 Å². The van der Waals surface area contributed by atoms with Crippen LogP contribution in [0.5, 0.6) is 11.5 Å². The number of rotatable bonds is 5. The third-order valence-electron chi connectivity index (χ3n) is 6.00. The van der Waals surface area contributed by atoms with Crippen molar-refractivity contribution < 1.29 is 9.47 Å². The van der Waals surface area contributed by atoms with Crippen LogP contribution in [0.1, 0.15) is 32.3 Å². The maximum Gasteiger partial charge on any atom is 0.260 e. The third-order valence-corrected chi connectivity index (χ3v) is 6.00. The van der Waals surface area contributed by atoms with Gasteiger partial charge in [0.25, 0.3) is 11.1 Å². The minimum Gasteiger partial charge on any atom is -0.490 e. The lowest BCUT2D eigenvalue weighted by molar-refractivity contribution is 0.297. The molecule has 0 amide bonds. The summed E-state index contributed by atoms with van der Waals surface area (Å²) in [6.07, 6.45) is 5.29. The van der Waals surface area contributed by atoms with Gasteiger partial charge in [0.05, 0.1) is 41.6 Å². The van der Waals surface area contributed by atoms with E-state index < -0.39 is 0 Å². The molecule has 3 aromatic heterocycles. The molecule has 7 heteroatoms. The Morgan fingerprint density at radius 1 is 0.879 bits per heavy atom. The maximum absolute atomic E-state index is 13.3. The van der Waals surface area contributed by atoms with Crippen LogP contribution in [0, 0.1) is 5.92 Å². The Balaban J connectivity index is 1.53. The first kappa shape index (κ1) is 21.2. The second kappa shape index (κ2) is 8.73. The van der Waals surface area contributed by atoms with Crippen LogP contribution in [0.15, 0.2) is 58.4 Å². The molecule has 4 aromatic rings. The van der Waals surface area contributed by atoms with Gasteiger partial charge in [-0.15, -0.1) is 0 Å². The van der Waals surface area contributed by atoms with Crippen molar-refractivity contribution in [2.45, 2.75) is 39.8 Å². The van der Waals surface area contributed by atoms with Crippen molar-refractivity contribution >= 4 is 21.8 Å². The molecule has 0 aliphatic carbocycles. The summed E-state index contributed by atoms with van der Waals surface area (Å²) in [5.41, 5.74) is 1.84. The molecule has 0 N–H and O–H groups in total. The average Bonchev–Trinajstić information content (AvgIpc) is 3.05. The maximum atomic E-state index is 13.3. The van der Waals surface area contributed by atoms with Gasteiger partial charge in [0.1, 0.15) is 0 Å². The molecular weight excluding hydrogens is 418 g/mol. The molecule has 7 nitrogen and oxygen atoms in total. The first-order chi connectivity index (χ1) is 16.0. The smallest absolute Gasteiger partial charge is 0.260 e. The predicted octanol–water partition coefficient (Wildman–Crippen LogP) is 3.97. The van der Waals surface area contributed by atoms with E-state index in [1.807, 2.05) is 30.3 Å². The molecule has 1 aromatic carbocycles. The quantitative estimate of drug-likeness (QED) is 0.435. The standard InChI is InChI=1S/C26H27N3O4/c1-17(2)6-9-28-10-7-21-19(25(28)30)15-20-22(27-21)8-11-29(26(20)31)16-18-4-5-23-24(14-18)33-13-3-12-32-23/h4-5,7-8,10-11,14-15,17H,3,6,9,12-13,16H2,1-2H3.